The van der Waals surface area contributed by atoms with E-state index in [-0.39, 0.29) is 24.4 Å². The molecule has 5 nitrogen and oxygen atoms in total. The van der Waals surface area contributed by atoms with Gasteiger partial charge in [-0.2, -0.15) is 0 Å². The largest absolute Gasteiger partial charge is 0.346 e. The van der Waals surface area contributed by atoms with Gasteiger partial charge in [0.2, 0.25) is 5.91 Å². The molecule has 0 aliphatic heterocycles. The highest BCUT2D eigenvalue weighted by atomic mass is 16.2. The number of nitrogens with zero attached hydrogens (tertiary/aromatic N) is 1. The van der Waals surface area contributed by atoms with Crippen LogP contribution in [0.5, 0.6) is 0 Å². The third-order valence-corrected chi connectivity index (χ3v) is 4.79. The van der Waals surface area contributed by atoms with Gasteiger partial charge in [0.25, 0.3) is 5.91 Å². The van der Waals surface area contributed by atoms with Crippen molar-refractivity contribution in [2.24, 2.45) is 0 Å². The number of amides is 2. The molecule has 0 bridgehead atoms. The van der Waals surface area contributed by atoms with Gasteiger partial charge in [-0.3, -0.25) is 14.5 Å². The lowest BCUT2D eigenvalue weighted by Gasteiger charge is -2.16. The minimum atomic E-state index is -0.146. The normalized spacial score (nSPS) is 11.7. The van der Waals surface area contributed by atoms with Crippen LogP contribution in [0.25, 0.3) is 0 Å². The molecule has 1 unspecified atom stereocenters. The molecular weight excluding hydrogens is 374 g/mol. The van der Waals surface area contributed by atoms with E-state index < -0.39 is 0 Å². The molecule has 1 atom stereocenters. The topological polar surface area (TPSA) is 61.4 Å². The van der Waals surface area contributed by atoms with Crippen LogP contribution in [0.1, 0.15) is 34.5 Å². The molecule has 0 saturated heterocycles. The molecule has 0 aliphatic rings. The van der Waals surface area contributed by atoms with Crippen molar-refractivity contribution in [3.8, 4) is 0 Å². The van der Waals surface area contributed by atoms with E-state index in [1.54, 1.807) is 24.3 Å². The summed E-state index contributed by atoms with van der Waals surface area (Å²) in [6.07, 6.45) is 0. The first-order chi connectivity index (χ1) is 14.5. The Kier molecular flexibility index (Phi) is 7.35. The quantitative estimate of drug-likeness (QED) is 0.593. The molecule has 2 N–H and O–H groups in total. The number of likely N-dealkylation sites (N-methyl/N-ethyl adjacent to an activating group) is 1. The second-order valence-electron chi connectivity index (χ2n) is 7.39. The zero-order chi connectivity index (χ0) is 21.3. The lowest BCUT2D eigenvalue weighted by molar-refractivity contribution is -0.117. The number of hydrogen-bond donors (Lipinski definition) is 2. The molecule has 154 valence electrons. The van der Waals surface area contributed by atoms with Crippen LogP contribution >= 0.6 is 0 Å². The van der Waals surface area contributed by atoms with Gasteiger partial charge in [-0.25, -0.2) is 0 Å². The maximum Gasteiger partial charge on any atom is 0.251 e. The van der Waals surface area contributed by atoms with E-state index in [1.165, 1.54) is 0 Å². The smallest absolute Gasteiger partial charge is 0.251 e. The molecule has 0 saturated carbocycles. The second-order valence-corrected chi connectivity index (χ2v) is 7.39. The number of hydrogen-bond acceptors (Lipinski definition) is 3. The first kappa shape index (κ1) is 21.3. The molecule has 3 aromatic carbocycles. The number of carbonyl (C=O) groups is 2. The number of nitrogens with one attached hydrogen (secondary N) is 2. The van der Waals surface area contributed by atoms with Crippen molar-refractivity contribution in [2.45, 2.75) is 19.5 Å². The van der Waals surface area contributed by atoms with Crippen LogP contribution in [-0.4, -0.2) is 30.3 Å². The standard InChI is InChI=1S/C25H27N3O2/c1-19(21-11-7-4-8-12-21)26-25(30)22-13-15-23(16-14-22)27-24(29)18-28(2)17-20-9-5-3-6-10-20/h3-16,19H,17-18H2,1-2H3,(H,26,30)(H,27,29). The number of carbonyl (C=O) groups excluding carboxylic acids is 2. The third kappa shape index (κ3) is 6.29. The average molecular weight is 402 g/mol. The van der Waals surface area contributed by atoms with Crippen molar-refractivity contribution < 1.29 is 9.59 Å². The van der Waals surface area contributed by atoms with Crippen LogP contribution in [0, 0.1) is 0 Å². The summed E-state index contributed by atoms with van der Waals surface area (Å²) in [4.78, 5) is 26.7. The van der Waals surface area contributed by atoms with Gasteiger partial charge in [-0.05, 0) is 49.4 Å². The molecule has 3 aromatic rings. The van der Waals surface area contributed by atoms with Gasteiger partial charge in [-0.1, -0.05) is 60.7 Å². The van der Waals surface area contributed by atoms with E-state index in [0.717, 1.165) is 11.1 Å². The number of anilines is 1. The summed E-state index contributed by atoms with van der Waals surface area (Å²) in [6, 6.07) is 26.7. The van der Waals surface area contributed by atoms with Gasteiger partial charge in [0, 0.05) is 17.8 Å². The fraction of sp³-hybridized carbons (Fsp3) is 0.200. The predicted molar refractivity (Wildman–Crippen MR) is 120 cm³/mol. The Labute approximate surface area is 177 Å². The Hall–Kier alpha value is -3.44. The molecule has 5 heteroatoms. The van der Waals surface area contributed by atoms with Gasteiger partial charge >= 0.3 is 0 Å². The van der Waals surface area contributed by atoms with Crippen LogP contribution < -0.4 is 10.6 Å². The minimum Gasteiger partial charge on any atom is -0.346 e. The molecule has 0 spiro atoms. The Bertz CT molecular complexity index is 957. The Balaban J connectivity index is 1.50. The van der Waals surface area contributed by atoms with Crippen LogP contribution in [0.2, 0.25) is 0 Å². The molecule has 30 heavy (non-hydrogen) atoms. The molecule has 2 amide bonds. The molecule has 0 aromatic heterocycles. The summed E-state index contributed by atoms with van der Waals surface area (Å²) in [6.45, 7) is 2.94. The summed E-state index contributed by atoms with van der Waals surface area (Å²) in [5, 5.41) is 5.87. The highest BCUT2D eigenvalue weighted by Crippen LogP contribution is 2.14. The van der Waals surface area contributed by atoms with Gasteiger partial charge in [-0.15, -0.1) is 0 Å². The second kappa shape index (κ2) is 10.4. The zero-order valence-electron chi connectivity index (χ0n) is 17.3. The molecule has 0 aliphatic carbocycles. The summed E-state index contributed by atoms with van der Waals surface area (Å²) in [5.74, 6) is -0.241. The lowest BCUT2D eigenvalue weighted by Crippen LogP contribution is -2.30. The van der Waals surface area contributed by atoms with Crippen LogP contribution in [-0.2, 0) is 11.3 Å². The number of rotatable bonds is 8. The summed E-state index contributed by atoms with van der Waals surface area (Å²) in [5.41, 5.74) is 3.43. The van der Waals surface area contributed by atoms with Gasteiger partial charge in [0.05, 0.1) is 12.6 Å². The molecule has 0 radical (unpaired) electrons. The van der Waals surface area contributed by atoms with Crippen molar-refractivity contribution in [3.05, 3.63) is 102 Å². The minimum absolute atomic E-state index is 0.0850. The SMILES string of the molecule is CC(NC(=O)c1ccc(NC(=O)CN(C)Cc2ccccc2)cc1)c1ccccc1. The van der Waals surface area contributed by atoms with Crippen molar-refractivity contribution >= 4 is 17.5 Å². The summed E-state index contributed by atoms with van der Waals surface area (Å²) >= 11 is 0. The van der Waals surface area contributed by atoms with E-state index in [4.69, 9.17) is 0 Å². The van der Waals surface area contributed by atoms with E-state index in [1.807, 2.05) is 79.5 Å². The first-order valence-electron chi connectivity index (χ1n) is 9.99. The number of benzene rings is 3. The van der Waals surface area contributed by atoms with E-state index >= 15 is 0 Å². The zero-order valence-corrected chi connectivity index (χ0v) is 17.3. The van der Waals surface area contributed by atoms with E-state index in [9.17, 15) is 9.59 Å². The molecule has 0 heterocycles. The molecule has 3 rings (SSSR count). The average Bonchev–Trinajstić information content (AvgIpc) is 2.75. The Morgan fingerprint density at radius 3 is 2.10 bits per heavy atom. The fourth-order valence-electron chi connectivity index (χ4n) is 3.21. The summed E-state index contributed by atoms with van der Waals surface area (Å²) < 4.78 is 0. The molecule has 0 fully saturated rings. The van der Waals surface area contributed by atoms with Crippen molar-refractivity contribution in [1.82, 2.24) is 10.2 Å². The van der Waals surface area contributed by atoms with Crippen molar-refractivity contribution in [2.75, 3.05) is 18.9 Å². The van der Waals surface area contributed by atoms with E-state index in [2.05, 4.69) is 10.6 Å². The van der Waals surface area contributed by atoms with Crippen LogP contribution in [0.3, 0.4) is 0 Å². The maximum absolute atomic E-state index is 12.5. The Morgan fingerprint density at radius 1 is 0.867 bits per heavy atom. The Morgan fingerprint density at radius 2 is 1.47 bits per heavy atom. The van der Waals surface area contributed by atoms with Crippen LogP contribution in [0.4, 0.5) is 5.69 Å². The van der Waals surface area contributed by atoms with Crippen molar-refractivity contribution in [3.63, 3.8) is 0 Å². The van der Waals surface area contributed by atoms with Crippen LogP contribution in [0.15, 0.2) is 84.9 Å². The fourth-order valence-corrected chi connectivity index (χ4v) is 3.21. The summed E-state index contributed by atoms with van der Waals surface area (Å²) in [7, 11) is 1.91. The monoisotopic (exact) mass is 401 g/mol. The van der Waals surface area contributed by atoms with E-state index in [0.29, 0.717) is 17.8 Å². The van der Waals surface area contributed by atoms with Gasteiger partial charge in [0.1, 0.15) is 0 Å². The van der Waals surface area contributed by atoms with Gasteiger partial charge in [0.15, 0.2) is 0 Å². The van der Waals surface area contributed by atoms with Gasteiger partial charge < -0.3 is 10.6 Å². The maximum atomic E-state index is 12.5. The lowest BCUT2D eigenvalue weighted by atomic mass is 10.1. The first-order valence-corrected chi connectivity index (χ1v) is 9.99. The highest BCUT2D eigenvalue weighted by molar-refractivity contribution is 5.96. The highest BCUT2D eigenvalue weighted by Gasteiger charge is 2.12. The molecular formula is C25H27N3O2. The predicted octanol–water partition coefficient (Wildman–Crippen LogP) is 4.25. The van der Waals surface area contributed by atoms with Crippen molar-refractivity contribution in [1.29, 1.82) is 0 Å². The third-order valence-electron chi connectivity index (χ3n) is 4.79.